The fourth-order valence-electron chi connectivity index (χ4n) is 2.97. The Labute approximate surface area is 160 Å². The van der Waals surface area contributed by atoms with Crippen LogP contribution in [0, 0.1) is 5.82 Å². The molecule has 0 aliphatic carbocycles. The van der Waals surface area contributed by atoms with Crippen LogP contribution < -0.4 is 16.6 Å². The maximum atomic E-state index is 13.8. The molecule has 0 saturated heterocycles. The number of hydrogen-bond acceptors (Lipinski definition) is 4. The highest BCUT2D eigenvalue weighted by Crippen LogP contribution is 2.20. The number of nitrogens with zero attached hydrogens (tertiary/aromatic N) is 2. The van der Waals surface area contributed by atoms with E-state index >= 15 is 0 Å². The third-order valence-corrected chi connectivity index (χ3v) is 4.52. The summed E-state index contributed by atoms with van der Waals surface area (Å²) in [6, 6.07) is 7.67. The van der Waals surface area contributed by atoms with Gasteiger partial charge < -0.3 is 5.32 Å². The molecule has 2 N–H and O–H groups in total. The largest absolute Gasteiger partial charge is 0.348 e. The van der Waals surface area contributed by atoms with Crippen molar-refractivity contribution in [1.82, 2.24) is 19.9 Å². The molecule has 0 atom stereocenters. The number of carbonyl (C=O) groups excluding carboxylic acids is 1. The molecule has 0 spiro atoms. The van der Waals surface area contributed by atoms with Gasteiger partial charge in [-0.2, -0.15) is 0 Å². The van der Waals surface area contributed by atoms with E-state index in [1.807, 2.05) is 13.8 Å². The quantitative estimate of drug-likeness (QED) is 0.705. The van der Waals surface area contributed by atoms with Crippen LogP contribution >= 0.6 is 0 Å². The predicted molar refractivity (Wildman–Crippen MR) is 104 cm³/mol. The Morgan fingerprint density at radius 3 is 2.64 bits per heavy atom. The maximum Gasteiger partial charge on any atom is 0.329 e. The lowest BCUT2D eigenvalue weighted by Gasteiger charge is -2.14. The maximum absolute atomic E-state index is 13.8. The molecule has 0 fully saturated rings. The van der Waals surface area contributed by atoms with Crippen molar-refractivity contribution in [3.8, 4) is 0 Å². The van der Waals surface area contributed by atoms with Crippen LogP contribution in [-0.4, -0.2) is 20.4 Å². The summed E-state index contributed by atoms with van der Waals surface area (Å²) in [6.07, 6.45) is 0. The van der Waals surface area contributed by atoms with Crippen LogP contribution in [-0.2, 0) is 13.1 Å². The van der Waals surface area contributed by atoms with Gasteiger partial charge in [0, 0.05) is 24.3 Å². The molecule has 0 radical (unpaired) electrons. The monoisotopic (exact) mass is 384 g/mol. The van der Waals surface area contributed by atoms with E-state index in [0.717, 1.165) is 0 Å². The van der Waals surface area contributed by atoms with Gasteiger partial charge in [0.1, 0.15) is 5.82 Å². The highest BCUT2D eigenvalue weighted by molar-refractivity contribution is 6.05. The van der Waals surface area contributed by atoms with Crippen LogP contribution in [0.5, 0.6) is 0 Å². The zero-order valence-corrected chi connectivity index (χ0v) is 15.9. The summed E-state index contributed by atoms with van der Waals surface area (Å²) in [5.74, 6) is -0.991. The standard InChI is InChI=1S/C20H21FN4O3/c1-4-25-17-16(19(27)24-20(25)28)13(9-15(23-17)11(2)3)18(26)22-10-12-7-5-6-8-14(12)21/h5-9,11H,4,10H2,1-3H3,(H,22,26)(H,24,27,28). The van der Waals surface area contributed by atoms with Crippen molar-refractivity contribution >= 4 is 16.9 Å². The molecule has 0 saturated carbocycles. The van der Waals surface area contributed by atoms with Crippen molar-refractivity contribution < 1.29 is 9.18 Å². The Morgan fingerprint density at radius 2 is 2.00 bits per heavy atom. The van der Waals surface area contributed by atoms with Gasteiger partial charge in [-0.1, -0.05) is 32.0 Å². The number of nitrogens with one attached hydrogen (secondary N) is 2. The molecule has 0 aliphatic heterocycles. The highest BCUT2D eigenvalue weighted by Gasteiger charge is 2.20. The van der Waals surface area contributed by atoms with E-state index in [9.17, 15) is 18.8 Å². The van der Waals surface area contributed by atoms with Crippen molar-refractivity contribution in [3.05, 3.63) is 73.8 Å². The summed E-state index contributed by atoms with van der Waals surface area (Å²) >= 11 is 0. The third kappa shape index (κ3) is 3.58. The van der Waals surface area contributed by atoms with E-state index < -0.39 is 23.0 Å². The fraction of sp³-hybridized carbons (Fsp3) is 0.300. The lowest BCUT2D eigenvalue weighted by atomic mass is 10.0. The number of aryl methyl sites for hydroxylation is 1. The first kappa shape index (κ1) is 19.5. The number of aromatic nitrogens is 3. The molecule has 7 nitrogen and oxygen atoms in total. The minimum absolute atomic E-state index is 0.0257. The van der Waals surface area contributed by atoms with Gasteiger partial charge in [-0.3, -0.25) is 19.1 Å². The van der Waals surface area contributed by atoms with Crippen LogP contribution in [0.25, 0.3) is 11.0 Å². The first-order valence-corrected chi connectivity index (χ1v) is 9.02. The average Bonchev–Trinajstić information content (AvgIpc) is 2.66. The number of fused-ring (bicyclic) bond motifs is 1. The smallest absolute Gasteiger partial charge is 0.329 e. The molecule has 2 aromatic heterocycles. The number of aromatic amines is 1. The number of amides is 1. The van der Waals surface area contributed by atoms with E-state index in [1.54, 1.807) is 31.2 Å². The Bertz CT molecular complexity index is 1160. The van der Waals surface area contributed by atoms with Crippen molar-refractivity contribution in [2.45, 2.75) is 39.8 Å². The van der Waals surface area contributed by atoms with Crippen molar-refractivity contribution in [2.75, 3.05) is 0 Å². The second-order valence-electron chi connectivity index (χ2n) is 6.73. The molecule has 0 bridgehead atoms. The number of halogens is 1. The van der Waals surface area contributed by atoms with Crippen LogP contribution in [0.3, 0.4) is 0 Å². The summed E-state index contributed by atoms with van der Waals surface area (Å²) in [7, 11) is 0. The van der Waals surface area contributed by atoms with Crippen molar-refractivity contribution in [3.63, 3.8) is 0 Å². The Kier molecular flexibility index (Phi) is 5.39. The number of benzene rings is 1. The molecule has 0 aliphatic rings. The van der Waals surface area contributed by atoms with Crippen LogP contribution in [0.4, 0.5) is 4.39 Å². The third-order valence-electron chi connectivity index (χ3n) is 4.52. The lowest BCUT2D eigenvalue weighted by molar-refractivity contribution is 0.0952. The second kappa shape index (κ2) is 7.75. The lowest BCUT2D eigenvalue weighted by Crippen LogP contribution is -2.33. The molecule has 2 heterocycles. The number of rotatable bonds is 5. The number of hydrogen-bond donors (Lipinski definition) is 2. The Morgan fingerprint density at radius 1 is 1.29 bits per heavy atom. The second-order valence-corrected chi connectivity index (χ2v) is 6.73. The molecule has 3 rings (SSSR count). The first-order chi connectivity index (χ1) is 13.3. The Hall–Kier alpha value is -3.29. The topological polar surface area (TPSA) is 96.9 Å². The summed E-state index contributed by atoms with van der Waals surface area (Å²) in [6.45, 7) is 5.81. The van der Waals surface area contributed by atoms with Gasteiger partial charge in [0.25, 0.3) is 11.5 Å². The zero-order chi connectivity index (χ0) is 20.4. The molecule has 1 aromatic carbocycles. The van der Waals surface area contributed by atoms with Gasteiger partial charge in [0.15, 0.2) is 5.65 Å². The minimum atomic E-state index is -0.677. The predicted octanol–water partition coefficient (Wildman–Crippen LogP) is 2.30. The number of pyridine rings is 1. The number of carbonyl (C=O) groups is 1. The summed E-state index contributed by atoms with van der Waals surface area (Å²) in [5.41, 5.74) is -0.0740. The molecule has 3 aromatic rings. The fourth-order valence-corrected chi connectivity index (χ4v) is 2.97. The molecule has 0 unspecified atom stereocenters. The summed E-state index contributed by atoms with van der Waals surface area (Å²) < 4.78 is 15.1. The summed E-state index contributed by atoms with van der Waals surface area (Å²) in [4.78, 5) is 44.1. The van der Waals surface area contributed by atoms with Gasteiger partial charge in [-0.05, 0) is 25.0 Å². The molecular weight excluding hydrogens is 363 g/mol. The SMILES string of the molecule is CCn1c(=O)[nH]c(=O)c2c(C(=O)NCc3ccccc3F)cc(C(C)C)nc21. The molecule has 146 valence electrons. The molecular formula is C20H21FN4O3. The van der Waals surface area contributed by atoms with E-state index in [2.05, 4.69) is 15.3 Å². The van der Waals surface area contributed by atoms with Gasteiger partial charge in [-0.15, -0.1) is 0 Å². The normalized spacial score (nSPS) is 11.2. The molecule has 8 heteroatoms. The van der Waals surface area contributed by atoms with E-state index in [1.165, 1.54) is 10.6 Å². The molecule has 1 amide bonds. The van der Waals surface area contributed by atoms with Gasteiger partial charge in [0.05, 0.1) is 10.9 Å². The minimum Gasteiger partial charge on any atom is -0.348 e. The van der Waals surface area contributed by atoms with Gasteiger partial charge in [-0.25, -0.2) is 14.2 Å². The highest BCUT2D eigenvalue weighted by atomic mass is 19.1. The first-order valence-electron chi connectivity index (χ1n) is 9.02. The number of H-pyrrole nitrogens is 1. The summed E-state index contributed by atoms with van der Waals surface area (Å²) in [5, 5.41) is 2.69. The van der Waals surface area contributed by atoms with Crippen molar-refractivity contribution in [2.24, 2.45) is 0 Å². The molecule has 28 heavy (non-hydrogen) atoms. The van der Waals surface area contributed by atoms with Crippen LogP contribution in [0.2, 0.25) is 0 Å². The Balaban J connectivity index is 2.13. The van der Waals surface area contributed by atoms with Crippen LogP contribution in [0.1, 0.15) is 48.3 Å². The van der Waals surface area contributed by atoms with E-state index in [4.69, 9.17) is 0 Å². The zero-order valence-electron chi connectivity index (χ0n) is 15.9. The van der Waals surface area contributed by atoms with Gasteiger partial charge >= 0.3 is 5.69 Å². The van der Waals surface area contributed by atoms with E-state index in [-0.39, 0.29) is 35.6 Å². The van der Waals surface area contributed by atoms with Crippen molar-refractivity contribution in [1.29, 1.82) is 0 Å². The van der Waals surface area contributed by atoms with Crippen LogP contribution in [0.15, 0.2) is 39.9 Å². The van der Waals surface area contributed by atoms with E-state index in [0.29, 0.717) is 11.3 Å². The van der Waals surface area contributed by atoms with Gasteiger partial charge in [0.2, 0.25) is 0 Å². The average molecular weight is 384 g/mol.